The maximum absolute atomic E-state index is 11.5. The van der Waals surface area contributed by atoms with Gasteiger partial charge in [0.15, 0.2) is 0 Å². The minimum absolute atomic E-state index is 0.0552. The molecule has 0 aliphatic carbocycles. The Bertz CT molecular complexity index is 347. The summed E-state index contributed by atoms with van der Waals surface area (Å²) >= 11 is 0. The summed E-state index contributed by atoms with van der Waals surface area (Å²) < 4.78 is 6.71. The van der Waals surface area contributed by atoms with Crippen LogP contribution in [0.5, 0.6) is 0 Å². The Labute approximate surface area is 95.6 Å². The van der Waals surface area contributed by atoms with Gasteiger partial charge in [0.25, 0.3) is 0 Å². The lowest BCUT2D eigenvalue weighted by Gasteiger charge is -2.15. The molecule has 0 saturated carbocycles. The Hall–Kier alpha value is -1.52. The van der Waals surface area contributed by atoms with Crippen LogP contribution in [0.25, 0.3) is 0 Å². The zero-order chi connectivity index (χ0) is 12.1. The summed E-state index contributed by atoms with van der Waals surface area (Å²) in [4.78, 5) is 11.5. The molecule has 0 amide bonds. The van der Waals surface area contributed by atoms with Gasteiger partial charge in [0.2, 0.25) is 0 Å². The van der Waals surface area contributed by atoms with Crippen molar-refractivity contribution in [3.63, 3.8) is 0 Å². The summed E-state index contributed by atoms with van der Waals surface area (Å²) in [6.07, 6.45) is 3.92. The summed E-state index contributed by atoms with van der Waals surface area (Å²) in [5.74, 6) is 0.236. The van der Waals surface area contributed by atoms with Crippen molar-refractivity contribution < 1.29 is 9.53 Å². The maximum Gasteiger partial charge on any atom is 0.328 e. The van der Waals surface area contributed by atoms with Crippen molar-refractivity contribution in [2.24, 2.45) is 5.92 Å². The van der Waals surface area contributed by atoms with Crippen molar-refractivity contribution in [2.75, 3.05) is 5.73 Å². The van der Waals surface area contributed by atoms with Crippen LogP contribution in [-0.4, -0.2) is 21.9 Å². The summed E-state index contributed by atoms with van der Waals surface area (Å²) in [5, 5.41) is 3.91. The van der Waals surface area contributed by atoms with Crippen LogP contribution in [0.2, 0.25) is 0 Å². The molecule has 0 bridgehead atoms. The van der Waals surface area contributed by atoms with E-state index in [-0.39, 0.29) is 18.6 Å². The summed E-state index contributed by atoms with van der Waals surface area (Å²) in [6.45, 7) is 6.20. The smallest absolute Gasteiger partial charge is 0.328 e. The van der Waals surface area contributed by atoms with Crippen molar-refractivity contribution in [1.29, 1.82) is 0 Å². The topological polar surface area (TPSA) is 70.1 Å². The molecule has 2 N–H and O–H groups in total. The lowest BCUT2D eigenvalue weighted by Crippen LogP contribution is -2.21. The molecular weight excluding hydrogens is 206 g/mol. The van der Waals surface area contributed by atoms with E-state index in [9.17, 15) is 4.79 Å². The maximum atomic E-state index is 11.5. The first-order valence-electron chi connectivity index (χ1n) is 5.44. The zero-order valence-corrected chi connectivity index (χ0v) is 10.0. The molecule has 1 rings (SSSR count). The first-order valence-corrected chi connectivity index (χ1v) is 5.44. The monoisotopic (exact) mass is 225 g/mol. The largest absolute Gasteiger partial charge is 0.461 e. The van der Waals surface area contributed by atoms with Crippen molar-refractivity contribution in [3.8, 4) is 0 Å². The molecule has 5 nitrogen and oxygen atoms in total. The molecule has 0 fully saturated rings. The lowest BCUT2D eigenvalue weighted by molar-refractivity contribution is -0.149. The van der Waals surface area contributed by atoms with E-state index in [4.69, 9.17) is 10.5 Å². The van der Waals surface area contributed by atoms with Gasteiger partial charge >= 0.3 is 5.97 Å². The molecular formula is C11H19N3O2. The minimum Gasteiger partial charge on any atom is -0.461 e. The second kappa shape index (κ2) is 5.53. The first-order chi connectivity index (χ1) is 7.47. The number of rotatable bonds is 5. The third-order valence-corrected chi connectivity index (χ3v) is 2.08. The second-order valence-electron chi connectivity index (χ2n) is 4.40. The number of aromatic nitrogens is 2. The van der Waals surface area contributed by atoms with Gasteiger partial charge in [-0.05, 0) is 19.3 Å². The normalized spacial score (nSPS) is 12.8. The van der Waals surface area contributed by atoms with Crippen LogP contribution in [0.3, 0.4) is 0 Å². The van der Waals surface area contributed by atoms with Gasteiger partial charge in [0, 0.05) is 6.20 Å². The fraction of sp³-hybridized carbons (Fsp3) is 0.636. The van der Waals surface area contributed by atoms with E-state index in [1.807, 2.05) is 6.92 Å². The Balaban J connectivity index is 2.36. The van der Waals surface area contributed by atoms with Crippen LogP contribution in [0.4, 0.5) is 5.69 Å². The second-order valence-corrected chi connectivity index (χ2v) is 4.40. The number of nitrogens with two attached hydrogens (primary N) is 1. The van der Waals surface area contributed by atoms with Crippen molar-refractivity contribution in [3.05, 3.63) is 12.4 Å². The fourth-order valence-electron chi connectivity index (χ4n) is 1.57. The number of hydrogen-bond donors (Lipinski definition) is 1. The summed E-state index contributed by atoms with van der Waals surface area (Å²) in [6, 6.07) is 0. The zero-order valence-electron chi connectivity index (χ0n) is 10.0. The summed E-state index contributed by atoms with van der Waals surface area (Å²) in [7, 11) is 0. The third-order valence-electron chi connectivity index (χ3n) is 2.08. The number of carbonyl (C=O) groups excluding carboxylic acids is 1. The van der Waals surface area contributed by atoms with Crippen LogP contribution in [0.1, 0.15) is 27.2 Å². The van der Waals surface area contributed by atoms with Crippen molar-refractivity contribution >= 4 is 11.7 Å². The van der Waals surface area contributed by atoms with Gasteiger partial charge in [-0.15, -0.1) is 0 Å². The summed E-state index contributed by atoms with van der Waals surface area (Å²) in [5.41, 5.74) is 6.03. The van der Waals surface area contributed by atoms with Gasteiger partial charge in [-0.2, -0.15) is 5.10 Å². The number of nitrogen functional groups attached to an aromatic ring is 1. The van der Waals surface area contributed by atoms with Crippen molar-refractivity contribution in [1.82, 2.24) is 9.78 Å². The highest BCUT2D eigenvalue weighted by molar-refractivity contribution is 5.69. The number of hydrogen-bond acceptors (Lipinski definition) is 4. The van der Waals surface area contributed by atoms with Crippen LogP contribution in [-0.2, 0) is 16.1 Å². The molecule has 1 unspecified atom stereocenters. The Morgan fingerprint density at radius 1 is 1.56 bits per heavy atom. The predicted molar refractivity (Wildman–Crippen MR) is 61.6 cm³/mol. The van der Waals surface area contributed by atoms with Crippen LogP contribution >= 0.6 is 0 Å². The van der Waals surface area contributed by atoms with Crippen LogP contribution in [0.15, 0.2) is 12.4 Å². The highest BCUT2D eigenvalue weighted by Gasteiger charge is 2.11. The van der Waals surface area contributed by atoms with Crippen LogP contribution < -0.4 is 5.73 Å². The minimum atomic E-state index is -0.281. The number of nitrogens with zero attached hydrogens (tertiary/aromatic N) is 2. The molecule has 0 aliphatic rings. The third kappa shape index (κ3) is 4.33. The molecule has 1 atom stereocenters. The van der Waals surface area contributed by atoms with Crippen molar-refractivity contribution in [2.45, 2.75) is 39.8 Å². The average molecular weight is 225 g/mol. The van der Waals surface area contributed by atoms with Gasteiger partial charge in [0.05, 0.1) is 18.0 Å². The fourth-order valence-corrected chi connectivity index (χ4v) is 1.57. The highest BCUT2D eigenvalue weighted by atomic mass is 16.5. The van der Waals surface area contributed by atoms with E-state index in [1.54, 1.807) is 6.20 Å². The molecule has 16 heavy (non-hydrogen) atoms. The van der Waals surface area contributed by atoms with Crippen LogP contribution in [0, 0.1) is 5.92 Å². The number of carbonyl (C=O) groups is 1. The first kappa shape index (κ1) is 12.5. The van der Waals surface area contributed by atoms with E-state index < -0.39 is 0 Å². The van der Waals surface area contributed by atoms with E-state index >= 15 is 0 Å². The molecule has 5 heteroatoms. The van der Waals surface area contributed by atoms with E-state index in [0.717, 1.165) is 6.42 Å². The van der Waals surface area contributed by atoms with E-state index in [2.05, 4.69) is 18.9 Å². The molecule has 0 aromatic carbocycles. The van der Waals surface area contributed by atoms with E-state index in [0.29, 0.717) is 11.6 Å². The molecule has 0 spiro atoms. The standard InChI is InChI=1S/C11H19N3O2/c1-8(2)4-9(3)16-11(15)7-14-6-10(12)5-13-14/h5-6,8-9H,4,7,12H2,1-3H3. The molecule has 1 heterocycles. The molecule has 0 aliphatic heterocycles. The lowest BCUT2D eigenvalue weighted by atomic mass is 10.1. The average Bonchev–Trinajstić information content (AvgIpc) is 2.48. The number of ether oxygens (including phenoxy) is 1. The van der Waals surface area contributed by atoms with Gasteiger partial charge in [-0.1, -0.05) is 13.8 Å². The number of anilines is 1. The van der Waals surface area contributed by atoms with Gasteiger partial charge in [0.1, 0.15) is 6.54 Å². The quantitative estimate of drug-likeness (QED) is 0.770. The Morgan fingerprint density at radius 3 is 2.75 bits per heavy atom. The predicted octanol–water partition coefficient (Wildman–Crippen LogP) is 1.44. The molecule has 0 saturated heterocycles. The number of esters is 1. The Kier molecular flexibility index (Phi) is 4.34. The molecule has 90 valence electrons. The SMILES string of the molecule is CC(C)CC(C)OC(=O)Cn1cc(N)cn1. The molecule has 1 aromatic rings. The molecule has 1 aromatic heterocycles. The highest BCUT2D eigenvalue weighted by Crippen LogP contribution is 2.08. The van der Waals surface area contributed by atoms with E-state index in [1.165, 1.54) is 10.9 Å². The Morgan fingerprint density at radius 2 is 2.25 bits per heavy atom. The van der Waals surface area contributed by atoms with Gasteiger partial charge < -0.3 is 10.5 Å². The van der Waals surface area contributed by atoms with Gasteiger partial charge in [-0.3, -0.25) is 9.48 Å². The molecule has 0 radical (unpaired) electrons. The van der Waals surface area contributed by atoms with Gasteiger partial charge in [-0.25, -0.2) is 0 Å².